The molecular weight excluding hydrogens is 302 g/mol. The van der Waals surface area contributed by atoms with Crippen LogP contribution in [0.3, 0.4) is 0 Å². The quantitative estimate of drug-likeness (QED) is 0.746. The molecule has 1 atom stereocenters. The van der Waals surface area contributed by atoms with Gasteiger partial charge in [0.25, 0.3) is 0 Å². The molecule has 0 spiro atoms. The molecular formula is C20H29NO3. The fraction of sp³-hybridized carbons (Fsp3) is 0.550. The molecule has 4 nitrogen and oxygen atoms in total. The number of benzene rings is 1. The number of hydrogen-bond donors (Lipinski definition) is 1. The first-order chi connectivity index (χ1) is 11.5. The van der Waals surface area contributed by atoms with E-state index in [0.717, 1.165) is 41.9 Å². The molecule has 1 aromatic carbocycles. The SMILES string of the molecule is CC/C=C(/C)C(=O)NC(C)c1ccc(OC2CCCC2)c(OC)c1. The zero-order valence-corrected chi connectivity index (χ0v) is 15.2. The van der Waals surface area contributed by atoms with Gasteiger partial charge in [0.15, 0.2) is 11.5 Å². The van der Waals surface area contributed by atoms with Crippen LogP contribution in [0, 0.1) is 0 Å². The topological polar surface area (TPSA) is 47.6 Å². The third-order valence-electron chi connectivity index (χ3n) is 4.50. The van der Waals surface area contributed by atoms with Gasteiger partial charge in [-0.15, -0.1) is 0 Å². The van der Waals surface area contributed by atoms with E-state index in [4.69, 9.17) is 9.47 Å². The molecule has 0 aromatic heterocycles. The van der Waals surface area contributed by atoms with Crippen LogP contribution in [-0.2, 0) is 4.79 Å². The van der Waals surface area contributed by atoms with E-state index >= 15 is 0 Å². The van der Waals surface area contributed by atoms with E-state index in [1.54, 1.807) is 7.11 Å². The number of hydrogen-bond acceptors (Lipinski definition) is 3. The lowest BCUT2D eigenvalue weighted by molar-refractivity contribution is -0.118. The molecule has 1 fully saturated rings. The van der Waals surface area contributed by atoms with Crippen molar-refractivity contribution in [1.29, 1.82) is 0 Å². The molecule has 0 aliphatic heterocycles. The molecule has 1 unspecified atom stereocenters. The first-order valence-corrected chi connectivity index (χ1v) is 8.87. The minimum atomic E-state index is -0.0906. The summed E-state index contributed by atoms with van der Waals surface area (Å²) in [5.74, 6) is 1.48. The van der Waals surface area contributed by atoms with Gasteiger partial charge < -0.3 is 14.8 Å². The smallest absolute Gasteiger partial charge is 0.247 e. The Morgan fingerprint density at radius 2 is 2.04 bits per heavy atom. The van der Waals surface area contributed by atoms with Crippen LogP contribution in [0.15, 0.2) is 29.8 Å². The van der Waals surface area contributed by atoms with Crippen LogP contribution in [0.2, 0.25) is 0 Å². The van der Waals surface area contributed by atoms with Gasteiger partial charge in [0, 0.05) is 5.57 Å². The molecule has 1 amide bonds. The predicted octanol–water partition coefficient (Wildman–Crippen LogP) is 4.55. The van der Waals surface area contributed by atoms with Gasteiger partial charge in [0.1, 0.15) is 0 Å². The number of rotatable bonds is 7. The molecule has 2 rings (SSSR count). The summed E-state index contributed by atoms with van der Waals surface area (Å²) in [4.78, 5) is 12.1. The van der Waals surface area contributed by atoms with Gasteiger partial charge >= 0.3 is 0 Å². The minimum Gasteiger partial charge on any atom is -0.493 e. The summed E-state index contributed by atoms with van der Waals surface area (Å²) in [5, 5.41) is 3.02. The predicted molar refractivity (Wildman–Crippen MR) is 96.5 cm³/mol. The highest BCUT2D eigenvalue weighted by molar-refractivity contribution is 5.93. The van der Waals surface area contributed by atoms with Gasteiger partial charge in [0.05, 0.1) is 19.3 Å². The van der Waals surface area contributed by atoms with Crippen LogP contribution in [-0.4, -0.2) is 19.1 Å². The summed E-state index contributed by atoms with van der Waals surface area (Å²) in [7, 11) is 1.65. The number of carbonyl (C=O) groups is 1. The lowest BCUT2D eigenvalue weighted by atomic mass is 10.1. The molecule has 0 saturated heterocycles. The number of allylic oxidation sites excluding steroid dienone is 1. The second-order valence-corrected chi connectivity index (χ2v) is 6.43. The second kappa shape index (κ2) is 8.76. The Kier molecular flexibility index (Phi) is 6.71. The Labute approximate surface area is 145 Å². The molecule has 0 bridgehead atoms. The van der Waals surface area contributed by atoms with Crippen molar-refractivity contribution in [1.82, 2.24) is 5.32 Å². The highest BCUT2D eigenvalue weighted by Gasteiger charge is 2.19. The van der Waals surface area contributed by atoms with Gasteiger partial charge in [0.2, 0.25) is 5.91 Å². The van der Waals surface area contributed by atoms with Crippen LogP contribution >= 0.6 is 0 Å². The van der Waals surface area contributed by atoms with E-state index in [0.29, 0.717) is 6.10 Å². The number of carbonyl (C=O) groups excluding carboxylic acids is 1. The van der Waals surface area contributed by atoms with E-state index < -0.39 is 0 Å². The summed E-state index contributed by atoms with van der Waals surface area (Å²) >= 11 is 0. The fourth-order valence-corrected chi connectivity index (χ4v) is 3.03. The van der Waals surface area contributed by atoms with Crippen LogP contribution < -0.4 is 14.8 Å². The van der Waals surface area contributed by atoms with E-state index in [1.807, 2.05) is 45.0 Å². The van der Waals surface area contributed by atoms with Gasteiger partial charge in [-0.1, -0.05) is 19.1 Å². The Morgan fingerprint density at radius 3 is 2.67 bits per heavy atom. The molecule has 0 radical (unpaired) electrons. The molecule has 24 heavy (non-hydrogen) atoms. The summed E-state index contributed by atoms with van der Waals surface area (Å²) in [5.41, 5.74) is 1.75. The van der Waals surface area contributed by atoms with Gasteiger partial charge in [-0.25, -0.2) is 0 Å². The molecule has 132 valence electrons. The Balaban J connectivity index is 2.07. The molecule has 1 aromatic rings. The molecule has 1 aliphatic carbocycles. The molecule has 1 aliphatic rings. The number of nitrogens with one attached hydrogen (secondary N) is 1. The fourth-order valence-electron chi connectivity index (χ4n) is 3.03. The first kappa shape index (κ1) is 18.4. The van der Waals surface area contributed by atoms with Gasteiger partial charge in [-0.05, 0) is 63.6 Å². The van der Waals surface area contributed by atoms with Crippen molar-refractivity contribution in [3.05, 3.63) is 35.4 Å². The summed E-state index contributed by atoms with van der Waals surface area (Å²) in [6, 6.07) is 5.81. The Bertz CT molecular complexity index is 589. The van der Waals surface area contributed by atoms with Crippen molar-refractivity contribution in [2.75, 3.05) is 7.11 Å². The Morgan fingerprint density at radius 1 is 1.33 bits per heavy atom. The zero-order chi connectivity index (χ0) is 17.5. The summed E-state index contributed by atoms with van der Waals surface area (Å²) < 4.78 is 11.6. The first-order valence-electron chi connectivity index (χ1n) is 8.87. The summed E-state index contributed by atoms with van der Waals surface area (Å²) in [6.07, 6.45) is 7.78. The van der Waals surface area contributed by atoms with Crippen molar-refractivity contribution < 1.29 is 14.3 Å². The van der Waals surface area contributed by atoms with E-state index in [9.17, 15) is 4.79 Å². The van der Waals surface area contributed by atoms with Crippen LogP contribution in [0.25, 0.3) is 0 Å². The van der Waals surface area contributed by atoms with Gasteiger partial charge in [-0.2, -0.15) is 0 Å². The lowest BCUT2D eigenvalue weighted by Crippen LogP contribution is -2.27. The summed E-state index contributed by atoms with van der Waals surface area (Å²) in [6.45, 7) is 5.84. The van der Waals surface area contributed by atoms with Crippen molar-refractivity contribution >= 4 is 5.91 Å². The molecule has 1 N–H and O–H groups in total. The van der Waals surface area contributed by atoms with Crippen molar-refractivity contribution in [2.45, 2.75) is 65.0 Å². The maximum Gasteiger partial charge on any atom is 0.247 e. The highest BCUT2D eigenvalue weighted by Crippen LogP contribution is 2.33. The number of ether oxygens (including phenoxy) is 2. The Hall–Kier alpha value is -1.97. The van der Waals surface area contributed by atoms with Crippen molar-refractivity contribution in [2.24, 2.45) is 0 Å². The van der Waals surface area contributed by atoms with E-state index in [2.05, 4.69) is 5.32 Å². The van der Waals surface area contributed by atoms with Crippen LogP contribution in [0.4, 0.5) is 0 Å². The third-order valence-corrected chi connectivity index (χ3v) is 4.50. The average Bonchev–Trinajstić information content (AvgIpc) is 3.08. The number of methoxy groups -OCH3 is 1. The third kappa shape index (κ3) is 4.76. The zero-order valence-electron chi connectivity index (χ0n) is 15.2. The average molecular weight is 331 g/mol. The van der Waals surface area contributed by atoms with Crippen molar-refractivity contribution in [3.63, 3.8) is 0 Å². The maximum atomic E-state index is 12.1. The standard InChI is InChI=1S/C20H29NO3/c1-5-8-14(2)20(22)21-15(3)16-11-12-18(19(13-16)23-4)24-17-9-6-7-10-17/h8,11-13,15,17H,5-7,9-10H2,1-4H3,(H,21,22)/b14-8-. The van der Waals surface area contributed by atoms with Gasteiger partial charge in [-0.3, -0.25) is 4.79 Å². The monoisotopic (exact) mass is 331 g/mol. The minimum absolute atomic E-state index is 0.0328. The molecule has 4 heteroatoms. The highest BCUT2D eigenvalue weighted by atomic mass is 16.5. The second-order valence-electron chi connectivity index (χ2n) is 6.43. The largest absolute Gasteiger partial charge is 0.493 e. The van der Waals surface area contributed by atoms with Crippen LogP contribution in [0.5, 0.6) is 11.5 Å². The number of amides is 1. The molecule has 0 heterocycles. The maximum absolute atomic E-state index is 12.1. The van der Waals surface area contributed by atoms with Crippen molar-refractivity contribution in [3.8, 4) is 11.5 Å². The van der Waals surface area contributed by atoms with Crippen LogP contribution in [0.1, 0.15) is 64.5 Å². The van der Waals surface area contributed by atoms with E-state index in [1.165, 1.54) is 12.8 Å². The normalized spacial score (nSPS) is 16.8. The lowest BCUT2D eigenvalue weighted by Gasteiger charge is -2.19. The molecule has 1 saturated carbocycles. The van der Waals surface area contributed by atoms with E-state index in [-0.39, 0.29) is 11.9 Å².